The number of urea groups is 1. The normalized spacial score (nSPS) is 15.1. The first-order valence-electron chi connectivity index (χ1n) is 13.1. The fraction of sp³-hybridized carbons (Fsp3) is 0.464. The molecule has 39 heavy (non-hydrogen) atoms. The van der Waals surface area contributed by atoms with E-state index in [1.807, 2.05) is 31.2 Å². The number of carbonyl (C=O) groups excluding carboxylic acids is 1. The van der Waals surface area contributed by atoms with Gasteiger partial charge in [-0.2, -0.15) is 0 Å². The minimum absolute atomic E-state index is 0. The number of amides is 2. The van der Waals surface area contributed by atoms with Crippen LogP contribution in [-0.2, 0) is 16.6 Å². The first-order chi connectivity index (χ1) is 18.1. The Balaban J connectivity index is 0.00000533. The van der Waals surface area contributed by atoms with Crippen LogP contribution in [0.2, 0.25) is 0 Å². The van der Waals surface area contributed by atoms with Gasteiger partial charge >= 0.3 is 6.03 Å². The maximum Gasteiger partial charge on any atom is 0.317 e. The molecule has 1 heterocycles. The van der Waals surface area contributed by atoms with Gasteiger partial charge in [0.2, 0.25) is 10.0 Å². The fourth-order valence-electron chi connectivity index (χ4n) is 4.27. The van der Waals surface area contributed by atoms with Gasteiger partial charge in [-0.3, -0.25) is 9.62 Å². The quantitative estimate of drug-likeness (QED) is 0.299. The number of benzene rings is 2. The molecule has 0 spiro atoms. The van der Waals surface area contributed by atoms with Crippen molar-refractivity contribution < 1.29 is 23.1 Å². The molecular weight excluding hydrogens is 540 g/mol. The van der Waals surface area contributed by atoms with Crippen molar-refractivity contribution in [3.8, 4) is 11.5 Å². The highest BCUT2D eigenvalue weighted by Crippen LogP contribution is 2.24. The van der Waals surface area contributed by atoms with Crippen LogP contribution >= 0.6 is 12.4 Å². The molecule has 2 aromatic carbocycles. The van der Waals surface area contributed by atoms with E-state index >= 15 is 0 Å². The van der Waals surface area contributed by atoms with Gasteiger partial charge in [0.15, 0.2) is 0 Å². The molecule has 9 nitrogen and oxygen atoms in total. The van der Waals surface area contributed by atoms with E-state index in [4.69, 9.17) is 4.74 Å². The third kappa shape index (κ3) is 11.5. The predicted octanol–water partition coefficient (Wildman–Crippen LogP) is 4.60. The highest BCUT2D eigenvalue weighted by Gasteiger charge is 2.24. The maximum atomic E-state index is 12.8. The van der Waals surface area contributed by atoms with Crippen LogP contribution < -0.4 is 14.8 Å². The monoisotopic (exact) mass is 580 g/mol. The molecule has 0 saturated carbocycles. The lowest BCUT2D eigenvalue weighted by atomic mass is 10.0. The Morgan fingerprint density at radius 3 is 2.28 bits per heavy atom. The number of aliphatic hydroxyl groups excluding tert-OH is 1. The number of hydrogen-bond donors (Lipinski definition) is 3. The Labute approximate surface area is 238 Å². The van der Waals surface area contributed by atoms with Gasteiger partial charge in [0.1, 0.15) is 11.5 Å². The van der Waals surface area contributed by atoms with Crippen molar-refractivity contribution in [1.82, 2.24) is 15.1 Å². The van der Waals surface area contributed by atoms with Gasteiger partial charge in [0.25, 0.3) is 0 Å². The second kappa shape index (κ2) is 15.7. The fourth-order valence-corrected chi connectivity index (χ4v) is 4.83. The lowest BCUT2D eigenvalue weighted by molar-refractivity contribution is 0.114. The molecule has 2 amide bonds. The number of hydrogen-bond acceptors (Lipinski definition) is 6. The first-order valence-corrected chi connectivity index (χ1v) is 15.0. The molecule has 216 valence electrons. The Kier molecular flexibility index (Phi) is 13.1. The van der Waals surface area contributed by atoms with Crippen molar-refractivity contribution in [2.24, 2.45) is 0 Å². The average Bonchev–Trinajstić information content (AvgIpc) is 2.89. The van der Waals surface area contributed by atoms with E-state index in [1.165, 1.54) is 5.56 Å². The number of nitrogens with zero attached hydrogens (tertiary/aromatic N) is 2. The van der Waals surface area contributed by atoms with E-state index < -0.39 is 16.1 Å². The van der Waals surface area contributed by atoms with Crippen molar-refractivity contribution in [1.29, 1.82) is 0 Å². The first kappa shape index (κ1) is 32.4. The zero-order valence-electron chi connectivity index (χ0n) is 22.7. The molecule has 1 atom stereocenters. The van der Waals surface area contributed by atoms with Gasteiger partial charge in [0, 0.05) is 44.5 Å². The number of sulfonamides is 1. The zero-order valence-corrected chi connectivity index (χ0v) is 24.3. The summed E-state index contributed by atoms with van der Waals surface area (Å²) in [5.41, 5.74) is 1.66. The lowest BCUT2D eigenvalue weighted by Gasteiger charge is -2.34. The number of likely N-dealkylation sites (tertiary alicyclic amines) is 1. The van der Waals surface area contributed by atoms with Crippen LogP contribution in [0.3, 0.4) is 0 Å². The van der Waals surface area contributed by atoms with E-state index in [9.17, 15) is 18.3 Å². The topological polar surface area (TPSA) is 111 Å². The van der Waals surface area contributed by atoms with Crippen molar-refractivity contribution in [3.63, 3.8) is 0 Å². The van der Waals surface area contributed by atoms with Gasteiger partial charge < -0.3 is 20.1 Å². The maximum absolute atomic E-state index is 12.8. The molecule has 1 saturated heterocycles. The Bertz CT molecular complexity index is 1140. The molecule has 0 bridgehead atoms. The molecule has 2 aromatic rings. The SMILES string of the molecule is C=CCCN(CC(O)CC)C(=O)NC1CCN(Cc2ccc(Oc3ccc(NS(C)(=O)=O)cc3)cc2)CC1.Cl. The van der Waals surface area contributed by atoms with Crippen LogP contribution in [0.1, 0.15) is 38.2 Å². The average molecular weight is 581 g/mol. The zero-order chi connectivity index (χ0) is 27.5. The number of nitrogens with one attached hydrogen (secondary N) is 2. The molecule has 0 aliphatic carbocycles. The molecule has 1 unspecified atom stereocenters. The van der Waals surface area contributed by atoms with Crippen LogP contribution in [0.5, 0.6) is 11.5 Å². The Morgan fingerprint density at radius 1 is 1.15 bits per heavy atom. The molecule has 11 heteroatoms. The van der Waals surface area contributed by atoms with E-state index in [0.29, 0.717) is 43.1 Å². The number of halogens is 1. The second-order valence-electron chi connectivity index (χ2n) is 9.73. The molecule has 1 fully saturated rings. The Hall–Kier alpha value is -2.79. The number of rotatable bonds is 13. The second-order valence-corrected chi connectivity index (χ2v) is 11.5. The largest absolute Gasteiger partial charge is 0.457 e. The van der Waals surface area contributed by atoms with E-state index in [2.05, 4.69) is 21.5 Å². The van der Waals surface area contributed by atoms with Crippen molar-refractivity contribution in [3.05, 3.63) is 66.7 Å². The Morgan fingerprint density at radius 2 is 1.74 bits per heavy atom. The molecule has 3 N–H and O–H groups in total. The highest BCUT2D eigenvalue weighted by atomic mass is 35.5. The standard InChI is InChI=1S/C28H40N4O5S.ClH/c1-4-6-17-32(21-25(33)5-2)28(34)29-23-15-18-31(19-16-23)20-22-7-11-26(12-8-22)37-27-13-9-24(10-14-27)30-38(3,35)36;/h4,7-14,23,25,30,33H,1,5-6,15-21H2,2-3H3,(H,29,34);1H. The lowest BCUT2D eigenvalue weighted by Crippen LogP contribution is -2.50. The molecule has 1 aliphatic heterocycles. The number of piperidine rings is 1. The summed E-state index contributed by atoms with van der Waals surface area (Å²) in [6.45, 7) is 9.13. The molecule has 0 aromatic heterocycles. The van der Waals surface area contributed by atoms with Crippen LogP contribution in [0.4, 0.5) is 10.5 Å². The van der Waals surface area contributed by atoms with Gasteiger partial charge in [-0.15, -0.1) is 19.0 Å². The third-order valence-corrected chi connectivity index (χ3v) is 7.04. The van der Waals surface area contributed by atoms with Gasteiger partial charge in [-0.25, -0.2) is 13.2 Å². The third-order valence-electron chi connectivity index (χ3n) is 6.43. The van der Waals surface area contributed by atoms with Crippen molar-refractivity contribution in [2.75, 3.05) is 37.2 Å². The summed E-state index contributed by atoms with van der Waals surface area (Å²) in [7, 11) is -3.31. The summed E-state index contributed by atoms with van der Waals surface area (Å²) in [5.74, 6) is 1.32. The van der Waals surface area contributed by atoms with E-state index in [1.54, 1.807) is 35.2 Å². The van der Waals surface area contributed by atoms with Crippen LogP contribution in [-0.4, -0.2) is 73.9 Å². The summed E-state index contributed by atoms with van der Waals surface area (Å²) in [5, 5.41) is 13.2. The summed E-state index contributed by atoms with van der Waals surface area (Å²) in [4.78, 5) is 16.9. The minimum Gasteiger partial charge on any atom is -0.457 e. The predicted molar refractivity (Wildman–Crippen MR) is 158 cm³/mol. The summed E-state index contributed by atoms with van der Waals surface area (Å²) in [6, 6.07) is 14.7. The molecule has 3 rings (SSSR count). The summed E-state index contributed by atoms with van der Waals surface area (Å²) in [6.07, 6.45) is 5.44. The van der Waals surface area contributed by atoms with Crippen molar-refractivity contribution >= 4 is 34.1 Å². The summed E-state index contributed by atoms with van der Waals surface area (Å²) >= 11 is 0. The van der Waals surface area contributed by atoms with E-state index in [-0.39, 0.29) is 24.5 Å². The van der Waals surface area contributed by atoms with Crippen LogP contribution in [0.25, 0.3) is 0 Å². The number of ether oxygens (including phenoxy) is 1. The molecule has 1 aliphatic rings. The molecule has 0 radical (unpaired) electrons. The number of anilines is 1. The smallest absolute Gasteiger partial charge is 0.317 e. The van der Waals surface area contributed by atoms with Crippen molar-refractivity contribution in [2.45, 2.75) is 51.3 Å². The minimum atomic E-state index is -3.31. The summed E-state index contributed by atoms with van der Waals surface area (Å²) < 4.78 is 31.0. The van der Waals surface area contributed by atoms with Crippen LogP contribution in [0.15, 0.2) is 61.2 Å². The van der Waals surface area contributed by atoms with Crippen LogP contribution in [0, 0.1) is 0 Å². The van der Waals surface area contributed by atoms with E-state index in [0.717, 1.165) is 38.7 Å². The number of carbonyl (C=O) groups is 1. The molecular formula is C28H41ClN4O5S. The van der Waals surface area contributed by atoms with Gasteiger partial charge in [-0.05, 0) is 67.6 Å². The van der Waals surface area contributed by atoms with Gasteiger partial charge in [0.05, 0.1) is 12.4 Å². The highest BCUT2D eigenvalue weighted by molar-refractivity contribution is 7.92. The number of aliphatic hydroxyl groups is 1. The van der Waals surface area contributed by atoms with Gasteiger partial charge in [-0.1, -0.05) is 25.1 Å².